The molecule has 1 aromatic heterocycles. The summed E-state index contributed by atoms with van der Waals surface area (Å²) >= 11 is 3.55. The molecule has 0 aliphatic heterocycles. The van der Waals surface area contributed by atoms with Crippen LogP contribution in [0.25, 0.3) is 11.4 Å². The fraction of sp³-hybridized carbons (Fsp3) is 0.286. The van der Waals surface area contributed by atoms with Gasteiger partial charge in [0.2, 0.25) is 0 Å². The van der Waals surface area contributed by atoms with Crippen molar-refractivity contribution in [1.29, 1.82) is 0 Å². The fourth-order valence-corrected chi connectivity index (χ4v) is 2.52. The molecule has 1 heterocycles. The van der Waals surface area contributed by atoms with Crippen LogP contribution in [0.3, 0.4) is 0 Å². The van der Waals surface area contributed by atoms with Crippen LogP contribution in [-0.4, -0.2) is 9.97 Å². The number of rotatable bonds is 2. The van der Waals surface area contributed by atoms with Gasteiger partial charge in [0.1, 0.15) is 5.82 Å². The van der Waals surface area contributed by atoms with E-state index in [0.29, 0.717) is 11.6 Å². The van der Waals surface area contributed by atoms with E-state index >= 15 is 0 Å². The highest BCUT2D eigenvalue weighted by molar-refractivity contribution is 9.10. The summed E-state index contributed by atoms with van der Waals surface area (Å²) in [6, 6.07) is 6.12. The lowest BCUT2D eigenvalue weighted by molar-refractivity contribution is 0.981. The zero-order chi connectivity index (χ0) is 13.3. The van der Waals surface area contributed by atoms with Gasteiger partial charge < -0.3 is 5.73 Å². The van der Waals surface area contributed by atoms with Crippen LogP contribution < -0.4 is 5.73 Å². The average molecular weight is 306 g/mol. The van der Waals surface area contributed by atoms with E-state index < -0.39 is 0 Å². The Hall–Kier alpha value is -1.42. The second kappa shape index (κ2) is 5.06. The van der Waals surface area contributed by atoms with Gasteiger partial charge >= 0.3 is 0 Å². The lowest BCUT2D eigenvalue weighted by Crippen LogP contribution is -2.04. The first-order chi connectivity index (χ1) is 8.52. The average Bonchev–Trinajstić information content (AvgIpc) is 2.32. The molecule has 1 aromatic carbocycles. The monoisotopic (exact) mass is 305 g/mol. The summed E-state index contributed by atoms with van der Waals surface area (Å²) in [7, 11) is 0. The van der Waals surface area contributed by atoms with E-state index in [9.17, 15) is 0 Å². The fourth-order valence-electron chi connectivity index (χ4n) is 1.85. The molecule has 0 atom stereocenters. The molecular weight excluding hydrogens is 290 g/mol. The molecule has 0 saturated carbocycles. The molecular formula is C14H16BrN3. The number of hydrogen-bond acceptors (Lipinski definition) is 3. The quantitative estimate of drug-likeness (QED) is 0.921. The Morgan fingerprint density at radius 3 is 2.56 bits per heavy atom. The molecule has 2 aromatic rings. The summed E-state index contributed by atoms with van der Waals surface area (Å²) in [4.78, 5) is 8.97. The molecule has 0 fully saturated rings. The first kappa shape index (κ1) is 13.0. The molecule has 0 bridgehead atoms. The molecule has 94 valence electrons. The predicted octanol–water partition coefficient (Wildman–Crippen LogP) is 3.67. The topological polar surface area (TPSA) is 51.8 Å². The minimum Gasteiger partial charge on any atom is -0.383 e. The van der Waals surface area contributed by atoms with Crippen LogP contribution in [0.5, 0.6) is 0 Å². The van der Waals surface area contributed by atoms with Crippen LogP contribution in [-0.2, 0) is 6.42 Å². The third-order valence-corrected chi connectivity index (χ3v) is 3.64. The van der Waals surface area contributed by atoms with Crippen LogP contribution in [0.1, 0.15) is 23.7 Å². The largest absolute Gasteiger partial charge is 0.383 e. The lowest BCUT2D eigenvalue weighted by Gasteiger charge is -2.10. The number of nitrogen functional groups attached to an aromatic ring is 1. The van der Waals surface area contributed by atoms with Gasteiger partial charge in [0.05, 0.1) is 0 Å². The van der Waals surface area contributed by atoms with E-state index in [4.69, 9.17) is 5.73 Å². The van der Waals surface area contributed by atoms with Gasteiger partial charge in [-0.25, -0.2) is 9.97 Å². The Morgan fingerprint density at radius 1 is 1.22 bits per heavy atom. The SMILES string of the molecule is CCc1nc(-c2ccc(C)cc2Br)nc(N)c1C. The first-order valence-corrected chi connectivity index (χ1v) is 6.71. The third-order valence-electron chi connectivity index (χ3n) is 2.98. The maximum atomic E-state index is 5.95. The summed E-state index contributed by atoms with van der Waals surface area (Å²) in [5.41, 5.74) is 10.1. The van der Waals surface area contributed by atoms with Crippen LogP contribution >= 0.6 is 15.9 Å². The number of benzene rings is 1. The molecule has 0 radical (unpaired) electrons. The van der Waals surface area contributed by atoms with Crippen molar-refractivity contribution in [2.45, 2.75) is 27.2 Å². The predicted molar refractivity (Wildman–Crippen MR) is 78.4 cm³/mol. The molecule has 0 aliphatic carbocycles. The number of hydrogen-bond donors (Lipinski definition) is 1. The van der Waals surface area contributed by atoms with E-state index in [1.54, 1.807) is 0 Å². The maximum Gasteiger partial charge on any atom is 0.162 e. The Bertz CT molecular complexity index is 594. The molecule has 2 rings (SSSR count). The highest BCUT2D eigenvalue weighted by atomic mass is 79.9. The zero-order valence-electron chi connectivity index (χ0n) is 10.8. The van der Waals surface area contributed by atoms with E-state index in [1.165, 1.54) is 5.56 Å². The van der Waals surface area contributed by atoms with Gasteiger partial charge in [-0.05, 0) is 38.0 Å². The van der Waals surface area contributed by atoms with Crippen molar-refractivity contribution >= 4 is 21.7 Å². The van der Waals surface area contributed by atoms with Crippen molar-refractivity contribution in [3.63, 3.8) is 0 Å². The van der Waals surface area contributed by atoms with Crippen molar-refractivity contribution in [3.8, 4) is 11.4 Å². The van der Waals surface area contributed by atoms with Crippen LogP contribution in [0.2, 0.25) is 0 Å². The zero-order valence-corrected chi connectivity index (χ0v) is 12.4. The molecule has 18 heavy (non-hydrogen) atoms. The highest BCUT2D eigenvalue weighted by Crippen LogP contribution is 2.28. The number of anilines is 1. The van der Waals surface area contributed by atoms with Gasteiger partial charge in [-0.15, -0.1) is 0 Å². The number of halogens is 1. The highest BCUT2D eigenvalue weighted by Gasteiger charge is 2.11. The Balaban J connectivity index is 2.60. The Kier molecular flexibility index (Phi) is 3.66. The van der Waals surface area contributed by atoms with Gasteiger partial charge in [0, 0.05) is 21.3 Å². The number of aryl methyl sites for hydroxylation is 2. The second-order valence-corrected chi connectivity index (χ2v) is 5.20. The van der Waals surface area contributed by atoms with E-state index in [-0.39, 0.29) is 0 Å². The van der Waals surface area contributed by atoms with Gasteiger partial charge in [-0.1, -0.05) is 28.9 Å². The third kappa shape index (κ3) is 2.38. The summed E-state index contributed by atoms with van der Waals surface area (Å²) in [5, 5.41) is 0. The van der Waals surface area contributed by atoms with Crippen molar-refractivity contribution in [1.82, 2.24) is 9.97 Å². The molecule has 0 unspecified atom stereocenters. The molecule has 0 aliphatic rings. The van der Waals surface area contributed by atoms with Crippen molar-refractivity contribution in [2.24, 2.45) is 0 Å². The van der Waals surface area contributed by atoms with E-state index in [2.05, 4.69) is 45.8 Å². The van der Waals surface area contributed by atoms with Crippen molar-refractivity contribution in [2.75, 3.05) is 5.73 Å². The van der Waals surface area contributed by atoms with Crippen LogP contribution in [0.15, 0.2) is 22.7 Å². The smallest absolute Gasteiger partial charge is 0.162 e. The molecule has 0 amide bonds. The van der Waals surface area contributed by atoms with Crippen LogP contribution in [0, 0.1) is 13.8 Å². The molecule has 3 nitrogen and oxygen atoms in total. The second-order valence-electron chi connectivity index (χ2n) is 4.34. The number of aromatic nitrogens is 2. The summed E-state index contributed by atoms with van der Waals surface area (Å²) in [6.07, 6.45) is 0.856. The molecule has 4 heteroatoms. The first-order valence-electron chi connectivity index (χ1n) is 5.92. The van der Waals surface area contributed by atoms with Crippen LogP contribution in [0.4, 0.5) is 5.82 Å². The molecule has 0 spiro atoms. The summed E-state index contributed by atoms with van der Waals surface area (Å²) < 4.78 is 0.993. The van der Waals surface area contributed by atoms with Gasteiger partial charge in [-0.2, -0.15) is 0 Å². The number of nitrogens with zero attached hydrogens (tertiary/aromatic N) is 2. The number of nitrogens with two attached hydrogens (primary N) is 1. The summed E-state index contributed by atoms with van der Waals surface area (Å²) in [5.74, 6) is 1.24. The Morgan fingerprint density at radius 2 is 1.94 bits per heavy atom. The minimum atomic E-state index is 0.560. The maximum absolute atomic E-state index is 5.95. The van der Waals surface area contributed by atoms with Gasteiger partial charge in [0.25, 0.3) is 0 Å². The van der Waals surface area contributed by atoms with Gasteiger partial charge in [-0.3, -0.25) is 0 Å². The van der Waals surface area contributed by atoms with Crippen molar-refractivity contribution in [3.05, 3.63) is 39.5 Å². The van der Waals surface area contributed by atoms with Gasteiger partial charge in [0.15, 0.2) is 5.82 Å². The Labute approximate surface area is 116 Å². The lowest BCUT2D eigenvalue weighted by atomic mass is 10.1. The normalized spacial score (nSPS) is 10.7. The van der Waals surface area contributed by atoms with Crippen molar-refractivity contribution < 1.29 is 0 Å². The van der Waals surface area contributed by atoms with E-state index in [0.717, 1.165) is 27.7 Å². The minimum absolute atomic E-state index is 0.560. The summed E-state index contributed by atoms with van der Waals surface area (Å²) in [6.45, 7) is 6.08. The molecule has 2 N–H and O–H groups in total. The van der Waals surface area contributed by atoms with E-state index in [1.807, 2.05) is 19.1 Å². The standard InChI is InChI=1S/C14H16BrN3/c1-4-12-9(3)13(16)18-14(17-12)10-6-5-8(2)7-11(10)15/h5-7H,4H2,1-3H3,(H2,16,17,18). The molecule has 0 saturated heterocycles.